The first kappa shape index (κ1) is 14.5. The van der Waals surface area contributed by atoms with Crippen LogP contribution in [0.5, 0.6) is 0 Å². The van der Waals surface area contributed by atoms with E-state index in [9.17, 15) is 8.42 Å². The van der Waals surface area contributed by atoms with Gasteiger partial charge in [-0.25, -0.2) is 0 Å². The Labute approximate surface area is 136 Å². The number of anilines is 2. The third-order valence-electron chi connectivity index (χ3n) is 4.54. The minimum atomic E-state index is -3.44. The van der Waals surface area contributed by atoms with E-state index >= 15 is 0 Å². The highest BCUT2D eigenvalue weighted by Gasteiger charge is 2.40. The summed E-state index contributed by atoms with van der Waals surface area (Å²) in [5, 5.41) is 0. The van der Waals surface area contributed by atoms with Crippen LogP contribution in [0, 0.1) is 12.8 Å². The number of aryl methyl sites for hydroxylation is 1. The topological polar surface area (TPSA) is 53.5 Å². The number of rotatable bonds is 3. The number of hydrogen-bond donors (Lipinski definition) is 0. The number of aromatic nitrogens is 1. The molecule has 4 rings (SSSR count). The maximum Gasteiger partial charge on any atom is 0.326 e. The molecule has 1 aliphatic heterocycles. The van der Waals surface area contributed by atoms with Gasteiger partial charge in [0, 0.05) is 31.5 Å². The van der Waals surface area contributed by atoms with E-state index in [1.54, 1.807) is 17.5 Å². The van der Waals surface area contributed by atoms with Crippen LogP contribution in [0.15, 0.2) is 36.7 Å². The Morgan fingerprint density at radius 1 is 1.13 bits per heavy atom. The SMILES string of the molecule is Cc1cncc(-c2ccc3c(c2)N(C)S(=O)(=O)N3CC2CC2)c1. The van der Waals surface area contributed by atoms with E-state index in [-0.39, 0.29) is 0 Å². The Hall–Kier alpha value is -2.08. The Kier molecular flexibility index (Phi) is 3.13. The van der Waals surface area contributed by atoms with E-state index < -0.39 is 10.2 Å². The van der Waals surface area contributed by atoms with E-state index in [4.69, 9.17) is 0 Å². The summed E-state index contributed by atoms with van der Waals surface area (Å²) in [6.45, 7) is 2.59. The number of nitrogens with zero attached hydrogens (tertiary/aromatic N) is 3. The van der Waals surface area contributed by atoms with Crippen molar-refractivity contribution in [3.63, 3.8) is 0 Å². The highest BCUT2D eigenvalue weighted by Crippen LogP contribution is 2.44. The first-order chi connectivity index (χ1) is 11.0. The summed E-state index contributed by atoms with van der Waals surface area (Å²) in [6, 6.07) is 7.89. The number of benzene rings is 1. The highest BCUT2D eigenvalue weighted by atomic mass is 32.2. The van der Waals surface area contributed by atoms with Crippen molar-refractivity contribution in [2.24, 2.45) is 5.92 Å². The second kappa shape index (κ2) is 4.96. The van der Waals surface area contributed by atoms with Gasteiger partial charge in [0.25, 0.3) is 0 Å². The third kappa shape index (κ3) is 2.37. The molecular weight excluding hydrogens is 310 g/mol. The molecule has 0 radical (unpaired) electrons. The lowest BCUT2D eigenvalue weighted by Crippen LogP contribution is -2.36. The molecule has 0 bridgehead atoms. The average molecular weight is 329 g/mol. The second-order valence-corrected chi connectivity index (χ2v) is 8.29. The standard InChI is InChI=1S/C17H19N3O2S/c1-12-7-15(10-18-9-12)14-5-6-16-17(8-14)19(2)23(21,22)20(16)11-13-3-4-13/h5-10,13H,3-4,11H2,1-2H3. The van der Waals surface area contributed by atoms with Crippen molar-refractivity contribution in [1.82, 2.24) is 4.98 Å². The Morgan fingerprint density at radius 2 is 1.91 bits per heavy atom. The summed E-state index contributed by atoms with van der Waals surface area (Å²) in [7, 11) is -1.81. The molecule has 1 saturated carbocycles. The van der Waals surface area contributed by atoms with Gasteiger partial charge >= 0.3 is 10.2 Å². The zero-order valence-corrected chi connectivity index (χ0v) is 14.0. The van der Waals surface area contributed by atoms with Gasteiger partial charge in [-0.15, -0.1) is 0 Å². The third-order valence-corrected chi connectivity index (χ3v) is 6.33. The van der Waals surface area contributed by atoms with Crippen LogP contribution < -0.4 is 8.61 Å². The molecule has 2 heterocycles. The van der Waals surface area contributed by atoms with E-state index in [0.717, 1.165) is 40.9 Å². The zero-order chi connectivity index (χ0) is 16.2. The summed E-state index contributed by atoms with van der Waals surface area (Å²) in [5.41, 5.74) is 4.59. The van der Waals surface area contributed by atoms with Gasteiger partial charge in [0.1, 0.15) is 0 Å². The number of fused-ring (bicyclic) bond motifs is 1. The van der Waals surface area contributed by atoms with Gasteiger partial charge in [0.15, 0.2) is 0 Å². The predicted octanol–water partition coefficient (Wildman–Crippen LogP) is 2.97. The van der Waals surface area contributed by atoms with Gasteiger partial charge in [-0.2, -0.15) is 8.42 Å². The summed E-state index contributed by atoms with van der Waals surface area (Å²) in [6.07, 6.45) is 5.86. The maximum absolute atomic E-state index is 12.7. The Bertz CT molecular complexity index is 875. The first-order valence-corrected chi connectivity index (χ1v) is 9.19. The number of pyridine rings is 1. The van der Waals surface area contributed by atoms with E-state index in [1.165, 1.54) is 4.31 Å². The summed E-state index contributed by atoms with van der Waals surface area (Å²) >= 11 is 0. The molecule has 2 aliphatic rings. The lowest BCUT2D eigenvalue weighted by molar-refractivity contribution is 0.590. The average Bonchev–Trinajstić information content (AvgIpc) is 3.32. The van der Waals surface area contributed by atoms with Crippen LogP contribution in [0.1, 0.15) is 18.4 Å². The fourth-order valence-corrected chi connectivity index (χ4v) is 4.50. The first-order valence-electron chi connectivity index (χ1n) is 7.79. The molecule has 120 valence electrons. The van der Waals surface area contributed by atoms with Crippen molar-refractivity contribution in [2.75, 3.05) is 22.2 Å². The molecule has 0 unspecified atom stereocenters. The van der Waals surface area contributed by atoms with Crippen LogP contribution in [0.4, 0.5) is 11.4 Å². The zero-order valence-electron chi connectivity index (χ0n) is 13.2. The summed E-state index contributed by atoms with van der Waals surface area (Å²) in [4.78, 5) is 4.22. The molecule has 23 heavy (non-hydrogen) atoms. The van der Waals surface area contributed by atoms with Crippen LogP contribution in [0.2, 0.25) is 0 Å². The minimum absolute atomic E-state index is 0.504. The van der Waals surface area contributed by atoms with Gasteiger partial charge in [-0.05, 0) is 55.0 Å². The molecule has 2 aromatic rings. The molecule has 0 atom stereocenters. The molecule has 1 fully saturated rings. The molecule has 0 spiro atoms. The molecule has 0 N–H and O–H groups in total. The van der Waals surface area contributed by atoms with Crippen LogP contribution >= 0.6 is 0 Å². The van der Waals surface area contributed by atoms with Gasteiger partial charge in [0.2, 0.25) is 0 Å². The largest absolute Gasteiger partial charge is 0.326 e. The fourth-order valence-electron chi connectivity index (χ4n) is 3.00. The Morgan fingerprint density at radius 3 is 2.61 bits per heavy atom. The Balaban J connectivity index is 1.79. The molecule has 0 amide bonds. The number of hydrogen-bond acceptors (Lipinski definition) is 3. The minimum Gasteiger partial charge on any atom is -0.264 e. The fraction of sp³-hybridized carbons (Fsp3) is 0.353. The van der Waals surface area contributed by atoms with E-state index in [1.807, 2.05) is 31.3 Å². The molecule has 1 aliphatic carbocycles. The summed E-state index contributed by atoms with van der Waals surface area (Å²) < 4.78 is 28.2. The van der Waals surface area contributed by atoms with Crippen LogP contribution in [-0.2, 0) is 10.2 Å². The predicted molar refractivity (Wildman–Crippen MR) is 91.8 cm³/mol. The highest BCUT2D eigenvalue weighted by molar-refractivity contribution is 7.94. The normalized spacial score (nSPS) is 19.0. The lowest BCUT2D eigenvalue weighted by Gasteiger charge is -2.18. The smallest absolute Gasteiger partial charge is 0.264 e. The van der Waals surface area contributed by atoms with Gasteiger partial charge < -0.3 is 0 Å². The monoisotopic (exact) mass is 329 g/mol. The van der Waals surface area contributed by atoms with E-state index in [0.29, 0.717) is 12.5 Å². The molecular formula is C17H19N3O2S. The maximum atomic E-state index is 12.7. The van der Waals surface area contributed by atoms with Crippen LogP contribution in [0.3, 0.4) is 0 Å². The van der Waals surface area contributed by atoms with Crippen molar-refractivity contribution >= 4 is 21.6 Å². The van der Waals surface area contributed by atoms with Crippen molar-refractivity contribution in [3.05, 3.63) is 42.2 Å². The summed E-state index contributed by atoms with van der Waals surface area (Å²) in [5.74, 6) is 0.504. The molecule has 1 aromatic heterocycles. The molecule has 1 aromatic carbocycles. The molecule has 6 heteroatoms. The van der Waals surface area contributed by atoms with Gasteiger partial charge in [-0.3, -0.25) is 13.6 Å². The molecule has 5 nitrogen and oxygen atoms in total. The van der Waals surface area contributed by atoms with Crippen molar-refractivity contribution < 1.29 is 8.42 Å². The van der Waals surface area contributed by atoms with Gasteiger partial charge in [-0.1, -0.05) is 6.07 Å². The van der Waals surface area contributed by atoms with Crippen molar-refractivity contribution in [1.29, 1.82) is 0 Å². The molecule has 0 saturated heterocycles. The lowest BCUT2D eigenvalue weighted by atomic mass is 10.0. The van der Waals surface area contributed by atoms with Crippen molar-refractivity contribution in [2.45, 2.75) is 19.8 Å². The second-order valence-electron chi connectivity index (χ2n) is 6.40. The van der Waals surface area contributed by atoms with E-state index in [2.05, 4.69) is 11.1 Å². The van der Waals surface area contributed by atoms with Crippen LogP contribution in [0.25, 0.3) is 11.1 Å². The van der Waals surface area contributed by atoms with Crippen LogP contribution in [-0.4, -0.2) is 27.0 Å². The van der Waals surface area contributed by atoms with Gasteiger partial charge in [0.05, 0.1) is 11.4 Å². The van der Waals surface area contributed by atoms with Crippen molar-refractivity contribution in [3.8, 4) is 11.1 Å². The quantitative estimate of drug-likeness (QED) is 0.870.